The number of benzene rings is 1. The van der Waals surface area contributed by atoms with Crippen LogP contribution in [-0.4, -0.2) is 10.9 Å². The van der Waals surface area contributed by atoms with Gasteiger partial charge in [0.15, 0.2) is 0 Å². The van der Waals surface area contributed by atoms with Gasteiger partial charge in [-0.1, -0.05) is 0 Å². The zero-order chi connectivity index (χ0) is 14.3. The number of carbonyl (C=O) groups excluding carboxylic acids is 1. The highest BCUT2D eigenvalue weighted by Crippen LogP contribution is 2.35. The lowest BCUT2D eigenvalue weighted by Gasteiger charge is -2.29. The molecule has 0 fully saturated rings. The number of nitrogen functional groups attached to an aromatic ring is 1. The molecule has 0 aliphatic carbocycles. The van der Waals surface area contributed by atoms with Crippen molar-refractivity contribution in [2.24, 2.45) is 0 Å². The molecule has 102 valence electrons. The highest BCUT2D eigenvalue weighted by atomic mass is 79.9. The third-order valence-electron chi connectivity index (χ3n) is 3.44. The maximum absolute atomic E-state index is 12.3. The van der Waals surface area contributed by atoms with Crippen LogP contribution in [0.1, 0.15) is 17.7 Å². The Morgan fingerprint density at radius 1 is 1.25 bits per heavy atom. The summed E-state index contributed by atoms with van der Waals surface area (Å²) in [6.07, 6.45) is 1.21. The molecule has 0 spiro atoms. The molecule has 4 nitrogen and oxygen atoms in total. The summed E-state index contributed by atoms with van der Waals surface area (Å²) < 4.78 is 0.934. The van der Waals surface area contributed by atoms with Crippen LogP contribution in [0.25, 0.3) is 0 Å². The molecule has 1 amide bonds. The molecule has 1 aromatic carbocycles. The quantitative estimate of drug-likeness (QED) is 0.815. The van der Waals surface area contributed by atoms with E-state index in [4.69, 9.17) is 5.73 Å². The molecule has 2 heterocycles. The number of pyridine rings is 1. The fourth-order valence-electron chi connectivity index (χ4n) is 2.42. The van der Waals surface area contributed by atoms with Crippen molar-refractivity contribution >= 4 is 39.0 Å². The Morgan fingerprint density at radius 2 is 2.05 bits per heavy atom. The summed E-state index contributed by atoms with van der Waals surface area (Å²) >= 11 is 3.43. The summed E-state index contributed by atoms with van der Waals surface area (Å²) in [5.74, 6) is 0.720. The van der Waals surface area contributed by atoms with Gasteiger partial charge in [-0.15, -0.1) is 0 Å². The minimum Gasteiger partial charge on any atom is -0.399 e. The van der Waals surface area contributed by atoms with E-state index in [1.54, 1.807) is 4.90 Å². The molecule has 1 aromatic heterocycles. The molecule has 0 bridgehead atoms. The number of hydrogen-bond acceptors (Lipinski definition) is 3. The van der Waals surface area contributed by atoms with Crippen LogP contribution in [0.2, 0.25) is 0 Å². The molecule has 0 atom stereocenters. The Labute approximate surface area is 125 Å². The molecule has 3 rings (SSSR count). The first-order valence-electron chi connectivity index (χ1n) is 6.41. The highest BCUT2D eigenvalue weighted by molar-refractivity contribution is 9.10. The van der Waals surface area contributed by atoms with E-state index >= 15 is 0 Å². The predicted molar refractivity (Wildman–Crippen MR) is 83.0 cm³/mol. The van der Waals surface area contributed by atoms with Crippen molar-refractivity contribution in [1.29, 1.82) is 0 Å². The molecule has 0 saturated carbocycles. The van der Waals surface area contributed by atoms with Gasteiger partial charge in [-0.25, -0.2) is 4.98 Å². The SMILES string of the molecule is Cc1nc(N2C(=O)CCc3cc(N)ccc32)ccc1Br. The van der Waals surface area contributed by atoms with Crippen LogP contribution in [0.5, 0.6) is 0 Å². The molecule has 20 heavy (non-hydrogen) atoms. The molecular formula is C15H14BrN3O. The van der Waals surface area contributed by atoms with Crippen molar-refractivity contribution in [3.63, 3.8) is 0 Å². The lowest BCUT2D eigenvalue weighted by atomic mass is 10.0. The minimum atomic E-state index is 0.0662. The number of rotatable bonds is 1. The predicted octanol–water partition coefficient (Wildman–Crippen LogP) is 3.35. The zero-order valence-electron chi connectivity index (χ0n) is 11.1. The largest absolute Gasteiger partial charge is 0.399 e. The topological polar surface area (TPSA) is 59.2 Å². The maximum atomic E-state index is 12.3. The lowest BCUT2D eigenvalue weighted by molar-refractivity contribution is -0.118. The molecule has 5 heteroatoms. The number of aromatic nitrogens is 1. The number of aryl methyl sites for hydroxylation is 2. The number of nitrogens with two attached hydrogens (primary N) is 1. The van der Waals surface area contributed by atoms with Crippen LogP contribution in [0.3, 0.4) is 0 Å². The van der Waals surface area contributed by atoms with Crippen LogP contribution in [0.4, 0.5) is 17.2 Å². The second-order valence-electron chi connectivity index (χ2n) is 4.85. The molecule has 0 radical (unpaired) electrons. The van der Waals surface area contributed by atoms with Crippen molar-refractivity contribution < 1.29 is 4.79 Å². The number of fused-ring (bicyclic) bond motifs is 1. The fourth-order valence-corrected chi connectivity index (χ4v) is 2.64. The number of nitrogens with zero attached hydrogens (tertiary/aromatic N) is 2. The van der Waals surface area contributed by atoms with Crippen LogP contribution < -0.4 is 10.6 Å². The van der Waals surface area contributed by atoms with E-state index < -0.39 is 0 Å². The van der Waals surface area contributed by atoms with Crippen molar-refractivity contribution in [2.75, 3.05) is 10.6 Å². The van der Waals surface area contributed by atoms with Gasteiger partial charge in [-0.3, -0.25) is 9.69 Å². The first-order valence-corrected chi connectivity index (χ1v) is 7.20. The van der Waals surface area contributed by atoms with E-state index in [1.807, 2.05) is 37.3 Å². The van der Waals surface area contributed by atoms with Gasteiger partial charge < -0.3 is 5.73 Å². The van der Waals surface area contributed by atoms with Crippen LogP contribution in [-0.2, 0) is 11.2 Å². The Balaban J connectivity index is 2.13. The molecular weight excluding hydrogens is 318 g/mol. The average Bonchev–Trinajstić information content (AvgIpc) is 2.42. The Hall–Kier alpha value is -1.88. The minimum absolute atomic E-state index is 0.0662. The first-order chi connectivity index (χ1) is 9.56. The summed E-state index contributed by atoms with van der Waals surface area (Å²) in [7, 11) is 0. The van der Waals surface area contributed by atoms with Crippen molar-refractivity contribution in [3.05, 3.63) is 46.1 Å². The zero-order valence-corrected chi connectivity index (χ0v) is 12.6. The van der Waals surface area contributed by atoms with Gasteiger partial charge in [0.25, 0.3) is 0 Å². The van der Waals surface area contributed by atoms with E-state index in [0.29, 0.717) is 12.2 Å². The molecule has 0 saturated heterocycles. The van der Waals surface area contributed by atoms with E-state index in [2.05, 4.69) is 20.9 Å². The fraction of sp³-hybridized carbons (Fsp3) is 0.200. The smallest absolute Gasteiger partial charge is 0.233 e. The van der Waals surface area contributed by atoms with E-state index in [0.717, 1.165) is 33.5 Å². The summed E-state index contributed by atoms with van der Waals surface area (Å²) in [6.45, 7) is 1.91. The molecule has 2 aromatic rings. The third kappa shape index (κ3) is 2.18. The third-order valence-corrected chi connectivity index (χ3v) is 4.28. The standard InChI is InChI=1S/C15H14BrN3O/c1-9-12(16)4-6-14(18-9)19-13-5-3-11(17)8-10(13)2-7-15(19)20/h3-6,8H,2,7,17H2,1H3. The van der Waals surface area contributed by atoms with Gasteiger partial charge in [0, 0.05) is 16.6 Å². The van der Waals surface area contributed by atoms with Crippen molar-refractivity contribution in [2.45, 2.75) is 19.8 Å². The molecule has 1 aliphatic heterocycles. The van der Waals surface area contributed by atoms with Crippen molar-refractivity contribution in [3.8, 4) is 0 Å². The van der Waals surface area contributed by atoms with E-state index in [1.165, 1.54) is 0 Å². The molecule has 0 unspecified atom stereocenters. The number of carbonyl (C=O) groups is 1. The van der Waals surface area contributed by atoms with Crippen LogP contribution in [0, 0.1) is 6.92 Å². The van der Waals surface area contributed by atoms with Crippen LogP contribution >= 0.6 is 15.9 Å². The number of halogens is 1. The van der Waals surface area contributed by atoms with Gasteiger partial charge in [0.05, 0.1) is 11.4 Å². The number of amides is 1. The van der Waals surface area contributed by atoms with Crippen LogP contribution in [0.15, 0.2) is 34.8 Å². The van der Waals surface area contributed by atoms with Gasteiger partial charge in [-0.2, -0.15) is 0 Å². The summed E-state index contributed by atoms with van der Waals surface area (Å²) in [6, 6.07) is 9.40. The van der Waals surface area contributed by atoms with Gasteiger partial charge >= 0.3 is 0 Å². The highest BCUT2D eigenvalue weighted by Gasteiger charge is 2.26. The Morgan fingerprint density at radius 3 is 2.80 bits per heavy atom. The Kier molecular flexibility index (Phi) is 3.22. The molecule has 1 aliphatic rings. The average molecular weight is 332 g/mol. The lowest BCUT2D eigenvalue weighted by Crippen LogP contribution is -2.31. The second-order valence-corrected chi connectivity index (χ2v) is 5.71. The second kappa shape index (κ2) is 4.90. The van der Waals surface area contributed by atoms with E-state index in [-0.39, 0.29) is 5.91 Å². The summed E-state index contributed by atoms with van der Waals surface area (Å²) in [5, 5.41) is 0. The van der Waals surface area contributed by atoms with Gasteiger partial charge in [-0.05, 0) is 65.2 Å². The molecule has 2 N–H and O–H groups in total. The monoisotopic (exact) mass is 331 g/mol. The first kappa shape index (κ1) is 13.1. The van der Waals surface area contributed by atoms with Gasteiger partial charge in [0.1, 0.15) is 5.82 Å². The van der Waals surface area contributed by atoms with Crippen molar-refractivity contribution in [1.82, 2.24) is 4.98 Å². The van der Waals surface area contributed by atoms with Gasteiger partial charge in [0.2, 0.25) is 5.91 Å². The normalized spacial score (nSPS) is 14.3. The maximum Gasteiger partial charge on any atom is 0.233 e. The summed E-state index contributed by atoms with van der Waals surface area (Å²) in [5.41, 5.74) is 9.37. The van der Waals surface area contributed by atoms with E-state index in [9.17, 15) is 4.79 Å². The number of anilines is 3. The number of hydrogen-bond donors (Lipinski definition) is 1. The Bertz CT molecular complexity index is 700. The summed E-state index contributed by atoms with van der Waals surface area (Å²) in [4.78, 5) is 18.5.